The Hall–Kier alpha value is -1.28. The van der Waals surface area contributed by atoms with E-state index in [0.29, 0.717) is 10.8 Å². The molecule has 7 heteroatoms. The molecule has 0 aliphatic rings. The molecular weight excluding hydrogens is 306 g/mol. The van der Waals surface area contributed by atoms with Gasteiger partial charge < -0.3 is 5.32 Å². The van der Waals surface area contributed by atoms with E-state index in [0.717, 1.165) is 23.2 Å². The Balaban J connectivity index is 2.05. The number of nitrogens with one attached hydrogen (secondary N) is 2. The zero-order valence-corrected chi connectivity index (χ0v) is 13.7. The summed E-state index contributed by atoms with van der Waals surface area (Å²) >= 11 is 1.24. The number of hydrogen-bond acceptors (Lipinski definition) is 5. The molecule has 114 valence electrons. The van der Waals surface area contributed by atoms with Crippen molar-refractivity contribution in [3.8, 4) is 0 Å². The molecule has 0 bridgehead atoms. The maximum atomic E-state index is 12.3. The summed E-state index contributed by atoms with van der Waals surface area (Å²) in [6.45, 7) is 5.75. The summed E-state index contributed by atoms with van der Waals surface area (Å²) in [6, 6.07) is 3.58. The SMILES string of the molecule is CCNCc1csc(S(=O)(=O)NCc2cnccc2C)c1. The number of nitrogens with zero attached hydrogens (tertiary/aromatic N) is 1. The van der Waals surface area contributed by atoms with Crippen molar-refractivity contribution >= 4 is 21.4 Å². The lowest BCUT2D eigenvalue weighted by Gasteiger charge is -2.06. The Morgan fingerprint density at radius 3 is 2.86 bits per heavy atom. The first-order chi connectivity index (χ1) is 10.0. The Morgan fingerprint density at radius 1 is 1.33 bits per heavy atom. The van der Waals surface area contributed by atoms with E-state index in [9.17, 15) is 8.42 Å². The third kappa shape index (κ3) is 4.34. The van der Waals surface area contributed by atoms with Gasteiger partial charge in [-0.3, -0.25) is 4.98 Å². The molecule has 0 fully saturated rings. The van der Waals surface area contributed by atoms with Crippen molar-refractivity contribution in [2.45, 2.75) is 31.1 Å². The maximum absolute atomic E-state index is 12.3. The molecule has 0 amide bonds. The molecule has 0 unspecified atom stereocenters. The van der Waals surface area contributed by atoms with Gasteiger partial charge in [0.25, 0.3) is 0 Å². The maximum Gasteiger partial charge on any atom is 0.250 e. The van der Waals surface area contributed by atoms with Crippen LogP contribution in [0.5, 0.6) is 0 Å². The fourth-order valence-electron chi connectivity index (χ4n) is 1.78. The molecule has 2 aromatic rings. The van der Waals surface area contributed by atoms with Crippen LogP contribution in [0.3, 0.4) is 0 Å². The third-order valence-corrected chi connectivity index (χ3v) is 5.96. The van der Waals surface area contributed by atoms with E-state index in [2.05, 4.69) is 15.0 Å². The quantitative estimate of drug-likeness (QED) is 0.817. The number of sulfonamides is 1. The van der Waals surface area contributed by atoms with E-state index >= 15 is 0 Å². The highest BCUT2D eigenvalue weighted by molar-refractivity contribution is 7.91. The monoisotopic (exact) mass is 325 g/mol. The number of thiophene rings is 1. The summed E-state index contributed by atoms with van der Waals surface area (Å²) in [5.74, 6) is 0. The predicted octanol–water partition coefficient (Wildman–Crippen LogP) is 2.04. The molecule has 21 heavy (non-hydrogen) atoms. The Bertz CT molecular complexity index is 696. The lowest BCUT2D eigenvalue weighted by atomic mass is 10.2. The van der Waals surface area contributed by atoms with Gasteiger partial charge in [-0.15, -0.1) is 11.3 Å². The van der Waals surface area contributed by atoms with E-state index in [1.54, 1.807) is 18.5 Å². The summed E-state index contributed by atoms with van der Waals surface area (Å²) in [5, 5.41) is 5.05. The zero-order chi connectivity index (χ0) is 15.3. The summed E-state index contributed by atoms with van der Waals surface area (Å²) in [7, 11) is -3.47. The molecule has 0 atom stereocenters. The van der Waals surface area contributed by atoms with Gasteiger partial charge in [-0.25, -0.2) is 13.1 Å². The van der Waals surface area contributed by atoms with E-state index in [-0.39, 0.29) is 6.54 Å². The normalized spacial score (nSPS) is 11.7. The minimum Gasteiger partial charge on any atom is -0.313 e. The smallest absolute Gasteiger partial charge is 0.250 e. The van der Waals surface area contributed by atoms with Crippen LogP contribution in [-0.4, -0.2) is 19.9 Å². The molecule has 2 aromatic heterocycles. The van der Waals surface area contributed by atoms with Gasteiger partial charge in [0, 0.05) is 25.5 Å². The van der Waals surface area contributed by atoms with Gasteiger partial charge in [0.15, 0.2) is 0 Å². The van der Waals surface area contributed by atoms with Gasteiger partial charge in [0.1, 0.15) is 4.21 Å². The van der Waals surface area contributed by atoms with E-state index < -0.39 is 10.0 Å². The van der Waals surface area contributed by atoms with Crippen molar-refractivity contribution in [3.05, 3.63) is 46.6 Å². The number of aromatic nitrogens is 1. The van der Waals surface area contributed by atoms with Crippen molar-refractivity contribution in [3.63, 3.8) is 0 Å². The molecule has 0 radical (unpaired) electrons. The molecule has 0 spiro atoms. The second-order valence-electron chi connectivity index (χ2n) is 4.68. The number of aryl methyl sites for hydroxylation is 1. The largest absolute Gasteiger partial charge is 0.313 e. The van der Waals surface area contributed by atoms with Crippen LogP contribution < -0.4 is 10.0 Å². The first-order valence-electron chi connectivity index (χ1n) is 6.70. The van der Waals surface area contributed by atoms with Crippen LogP contribution in [0.15, 0.2) is 34.1 Å². The summed E-state index contributed by atoms with van der Waals surface area (Å²) < 4.78 is 27.5. The van der Waals surface area contributed by atoms with Gasteiger partial charge in [-0.2, -0.15) is 0 Å². The second-order valence-corrected chi connectivity index (χ2v) is 7.59. The van der Waals surface area contributed by atoms with Crippen LogP contribution in [0.4, 0.5) is 0 Å². The number of pyridine rings is 1. The molecular formula is C14H19N3O2S2. The first-order valence-corrected chi connectivity index (χ1v) is 9.06. The van der Waals surface area contributed by atoms with E-state index in [1.807, 2.05) is 25.3 Å². The highest BCUT2D eigenvalue weighted by atomic mass is 32.2. The fourth-order valence-corrected chi connectivity index (χ4v) is 4.04. The van der Waals surface area contributed by atoms with Gasteiger partial charge in [-0.05, 0) is 47.7 Å². The summed E-state index contributed by atoms with van der Waals surface area (Å²) in [5.41, 5.74) is 2.89. The highest BCUT2D eigenvalue weighted by Crippen LogP contribution is 2.20. The molecule has 0 aliphatic heterocycles. The average Bonchev–Trinajstić information content (AvgIpc) is 2.94. The van der Waals surface area contributed by atoms with Gasteiger partial charge in [0.2, 0.25) is 10.0 Å². The average molecular weight is 325 g/mol. The minimum atomic E-state index is -3.47. The van der Waals surface area contributed by atoms with Crippen LogP contribution in [0.2, 0.25) is 0 Å². The molecule has 0 aromatic carbocycles. The van der Waals surface area contributed by atoms with Crippen LogP contribution in [0.1, 0.15) is 23.6 Å². The van der Waals surface area contributed by atoms with Crippen LogP contribution in [0.25, 0.3) is 0 Å². The van der Waals surface area contributed by atoms with Crippen molar-refractivity contribution in [1.82, 2.24) is 15.0 Å². The molecule has 0 saturated heterocycles. The van der Waals surface area contributed by atoms with Crippen LogP contribution in [0, 0.1) is 6.92 Å². The van der Waals surface area contributed by atoms with E-state index in [1.165, 1.54) is 11.3 Å². The van der Waals surface area contributed by atoms with Crippen molar-refractivity contribution in [2.24, 2.45) is 0 Å². The second kappa shape index (κ2) is 7.13. The zero-order valence-electron chi connectivity index (χ0n) is 12.1. The molecule has 0 aliphatic carbocycles. The topological polar surface area (TPSA) is 71.1 Å². The predicted molar refractivity (Wildman–Crippen MR) is 84.7 cm³/mol. The molecule has 2 rings (SSSR count). The van der Waals surface area contributed by atoms with Gasteiger partial charge in [-0.1, -0.05) is 6.92 Å². The number of hydrogen-bond donors (Lipinski definition) is 2. The van der Waals surface area contributed by atoms with E-state index in [4.69, 9.17) is 0 Å². The summed E-state index contributed by atoms with van der Waals surface area (Å²) in [4.78, 5) is 4.02. The lowest BCUT2D eigenvalue weighted by Crippen LogP contribution is -2.23. The minimum absolute atomic E-state index is 0.252. The Labute approximate surface area is 129 Å². The third-order valence-electron chi connectivity index (χ3n) is 3.07. The van der Waals surface area contributed by atoms with Crippen LogP contribution in [-0.2, 0) is 23.1 Å². The lowest BCUT2D eigenvalue weighted by molar-refractivity contribution is 0.583. The highest BCUT2D eigenvalue weighted by Gasteiger charge is 2.16. The standard InChI is InChI=1S/C14H19N3O2S2/c1-3-15-7-12-6-14(20-10-12)21(18,19)17-9-13-8-16-5-4-11(13)2/h4-6,8,10,15,17H,3,7,9H2,1-2H3. The first kappa shape index (κ1) is 16.1. The Kier molecular flexibility index (Phi) is 5.46. The molecule has 2 N–H and O–H groups in total. The van der Waals surface area contributed by atoms with Crippen LogP contribution >= 0.6 is 11.3 Å². The fraction of sp³-hybridized carbons (Fsp3) is 0.357. The van der Waals surface area contributed by atoms with Crippen molar-refractivity contribution in [1.29, 1.82) is 0 Å². The van der Waals surface area contributed by atoms with Crippen molar-refractivity contribution in [2.75, 3.05) is 6.54 Å². The van der Waals surface area contributed by atoms with Crippen molar-refractivity contribution < 1.29 is 8.42 Å². The molecule has 5 nitrogen and oxygen atoms in total. The molecule has 2 heterocycles. The van der Waals surface area contributed by atoms with Gasteiger partial charge >= 0.3 is 0 Å². The van der Waals surface area contributed by atoms with Gasteiger partial charge in [0.05, 0.1) is 0 Å². The number of rotatable bonds is 7. The summed E-state index contributed by atoms with van der Waals surface area (Å²) in [6.07, 6.45) is 3.38. The molecule has 0 saturated carbocycles. The Morgan fingerprint density at radius 2 is 2.14 bits per heavy atom.